The van der Waals surface area contributed by atoms with Gasteiger partial charge in [0.1, 0.15) is 0 Å². The average Bonchev–Trinajstić information content (AvgIpc) is 2.80. The van der Waals surface area contributed by atoms with Crippen molar-refractivity contribution in [2.45, 2.75) is 196 Å². The normalized spacial score (nSPS) is 19.8. The molecule has 2 aliphatic rings. The van der Waals surface area contributed by atoms with Gasteiger partial charge in [0, 0.05) is 56.7 Å². The molecule has 37 heavy (non-hydrogen) atoms. The number of nitrogens with zero attached hydrogens (tertiary/aromatic N) is 4. The minimum atomic E-state index is -0.632. The zero-order valence-corrected chi connectivity index (χ0v) is 28.7. The number of hydrogen-bond donors (Lipinski definition) is 0. The molecule has 0 bridgehead atoms. The van der Waals surface area contributed by atoms with Gasteiger partial charge in [-0.25, -0.2) is 4.67 Å². The third kappa shape index (κ3) is 9.23. The second kappa shape index (κ2) is 16.0. The van der Waals surface area contributed by atoms with Crippen LogP contribution in [0.5, 0.6) is 0 Å². The Bertz CT molecular complexity index is 602. The van der Waals surface area contributed by atoms with Gasteiger partial charge in [0.2, 0.25) is 0 Å². The molecule has 0 radical (unpaired) electrons. The summed E-state index contributed by atoms with van der Waals surface area (Å²) in [6.45, 7) is 29.1. The van der Waals surface area contributed by atoms with Gasteiger partial charge in [-0.3, -0.25) is 14.2 Å². The maximum absolute atomic E-state index is 3.04. The smallest absolute Gasteiger partial charge is 0.0910 e. The van der Waals surface area contributed by atoms with E-state index in [1.807, 2.05) is 0 Å². The minimum Gasteiger partial charge on any atom is -0.263 e. The van der Waals surface area contributed by atoms with E-state index in [0.29, 0.717) is 36.3 Å². The van der Waals surface area contributed by atoms with Crippen LogP contribution in [0.25, 0.3) is 0 Å². The van der Waals surface area contributed by atoms with E-state index in [0.717, 1.165) is 12.1 Å². The van der Waals surface area contributed by atoms with Crippen LogP contribution in [0.3, 0.4) is 0 Å². The van der Waals surface area contributed by atoms with Gasteiger partial charge in [-0.1, -0.05) is 38.5 Å². The summed E-state index contributed by atoms with van der Waals surface area (Å²) in [6, 6.07) is 4.54. The van der Waals surface area contributed by atoms with Gasteiger partial charge >= 0.3 is 0 Å². The largest absolute Gasteiger partial charge is 0.263 e. The quantitative estimate of drug-likeness (QED) is 0.210. The molecule has 2 saturated carbocycles. The van der Waals surface area contributed by atoms with E-state index in [-0.39, 0.29) is 0 Å². The van der Waals surface area contributed by atoms with Crippen LogP contribution in [0.15, 0.2) is 0 Å². The van der Waals surface area contributed by atoms with Crippen LogP contribution in [-0.2, 0) is 0 Å². The van der Waals surface area contributed by atoms with Crippen LogP contribution in [0.4, 0.5) is 0 Å². The number of rotatable bonds is 13. The molecule has 0 aromatic rings. The van der Waals surface area contributed by atoms with Gasteiger partial charge in [0.25, 0.3) is 0 Å². The molecule has 218 valence electrons. The highest BCUT2D eigenvalue weighted by Crippen LogP contribution is 2.55. The second-order valence-electron chi connectivity index (χ2n) is 13.4. The molecule has 0 N–H and O–H groups in total. The summed E-state index contributed by atoms with van der Waals surface area (Å²) in [7, 11) is 0.879. The molecule has 0 aromatic heterocycles. The maximum atomic E-state index is 3.04. The average molecular weight is 555 g/mol. The van der Waals surface area contributed by atoms with Gasteiger partial charge < -0.3 is 0 Å². The van der Waals surface area contributed by atoms with E-state index in [4.69, 9.17) is 0 Å². The molecule has 0 aromatic carbocycles. The molecule has 4 nitrogen and oxygen atoms in total. The molecule has 0 aliphatic heterocycles. The van der Waals surface area contributed by atoms with Crippen molar-refractivity contribution in [3.63, 3.8) is 0 Å². The van der Waals surface area contributed by atoms with Crippen molar-refractivity contribution in [3.05, 3.63) is 0 Å². The third-order valence-electron chi connectivity index (χ3n) is 8.18. The molecule has 0 atom stereocenters. The summed E-state index contributed by atoms with van der Waals surface area (Å²) in [5, 5.41) is 1.70. The molecule has 2 aliphatic carbocycles. The molecule has 2 rings (SSSR count). The van der Waals surface area contributed by atoms with Gasteiger partial charge in [0.15, 0.2) is 0 Å². The summed E-state index contributed by atoms with van der Waals surface area (Å²) in [5.41, 5.74) is 0. The lowest BCUT2D eigenvalue weighted by molar-refractivity contribution is 0.182. The SMILES string of the molecule is CC(C)N(C(=PN(C1CCCCC1)C1CCCCC1)P(N(C(C)C)C(C)C)N(C(C)C)C(C)C)C(C)C. The van der Waals surface area contributed by atoms with Crippen LogP contribution in [0.2, 0.25) is 0 Å². The van der Waals surface area contributed by atoms with Crippen LogP contribution in [0.1, 0.15) is 147 Å². The second-order valence-corrected chi connectivity index (χ2v) is 16.7. The first-order chi connectivity index (χ1) is 17.4. The molecular weight excluding hydrogens is 490 g/mol. The molecule has 2 fully saturated rings. The van der Waals surface area contributed by atoms with Crippen LogP contribution in [-0.4, -0.2) is 72.4 Å². The summed E-state index contributed by atoms with van der Waals surface area (Å²) in [5.74, 6) is 0. The fourth-order valence-electron chi connectivity index (χ4n) is 6.90. The summed E-state index contributed by atoms with van der Waals surface area (Å²) < 4.78 is 8.81. The summed E-state index contributed by atoms with van der Waals surface area (Å²) >= 11 is 0. The van der Waals surface area contributed by atoms with E-state index in [1.54, 1.807) is 5.16 Å². The van der Waals surface area contributed by atoms with Crippen LogP contribution in [0, 0.1) is 0 Å². The lowest BCUT2D eigenvalue weighted by Gasteiger charge is -2.51. The van der Waals surface area contributed by atoms with Crippen molar-refractivity contribution in [2.24, 2.45) is 0 Å². The van der Waals surface area contributed by atoms with E-state index in [1.165, 1.54) is 72.6 Å². The standard InChI is InChI=1S/C31H64N4P2/c1-23(2)32(24(3)4)31(37(34(25(5)6)26(7)8)35(27(9)10)28(11)12)36-33(29-19-15-13-16-20-29)30-21-17-14-18-22-30/h23-30H,13-22H2,1-12H3. The van der Waals surface area contributed by atoms with Gasteiger partial charge in [-0.2, -0.15) is 0 Å². The van der Waals surface area contributed by atoms with Crippen molar-refractivity contribution in [3.8, 4) is 0 Å². The Kier molecular flexibility index (Phi) is 14.6. The van der Waals surface area contributed by atoms with Crippen molar-refractivity contribution in [1.29, 1.82) is 0 Å². The molecular formula is C31H64N4P2. The molecule has 0 heterocycles. The first-order valence-corrected chi connectivity index (χ1v) is 18.0. The van der Waals surface area contributed by atoms with E-state index >= 15 is 0 Å². The zero-order chi connectivity index (χ0) is 27.9. The monoisotopic (exact) mass is 554 g/mol. The van der Waals surface area contributed by atoms with Gasteiger partial charge in [-0.05, 0) is 109 Å². The van der Waals surface area contributed by atoms with Crippen LogP contribution >= 0.6 is 16.6 Å². The number of hydrogen-bond acceptors (Lipinski definition) is 3. The Morgan fingerprint density at radius 1 is 0.514 bits per heavy atom. The van der Waals surface area contributed by atoms with E-state index < -0.39 is 8.22 Å². The van der Waals surface area contributed by atoms with E-state index in [9.17, 15) is 0 Å². The summed E-state index contributed by atoms with van der Waals surface area (Å²) in [4.78, 5) is 2.83. The Morgan fingerprint density at radius 2 is 0.838 bits per heavy atom. The topological polar surface area (TPSA) is 13.0 Å². The fraction of sp³-hybridized carbons (Fsp3) is 0.968. The predicted octanol–water partition coefficient (Wildman–Crippen LogP) is 9.57. The molecule has 0 unspecified atom stereocenters. The van der Waals surface area contributed by atoms with Gasteiger partial charge in [0.05, 0.1) is 13.4 Å². The lowest BCUT2D eigenvalue weighted by atomic mass is 9.91. The van der Waals surface area contributed by atoms with E-state index in [2.05, 4.69) is 102 Å². The maximum Gasteiger partial charge on any atom is 0.0910 e. The predicted molar refractivity (Wildman–Crippen MR) is 171 cm³/mol. The van der Waals surface area contributed by atoms with Crippen molar-refractivity contribution in [2.75, 3.05) is 0 Å². The van der Waals surface area contributed by atoms with Crippen LogP contribution < -0.4 is 0 Å². The van der Waals surface area contributed by atoms with Crippen molar-refractivity contribution < 1.29 is 0 Å². The zero-order valence-electron chi connectivity index (χ0n) is 26.9. The highest BCUT2D eigenvalue weighted by Gasteiger charge is 2.41. The molecule has 0 amide bonds. The first-order valence-electron chi connectivity index (χ1n) is 15.9. The Hall–Kier alpha value is 0.440. The Labute approximate surface area is 236 Å². The van der Waals surface area contributed by atoms with Crippen molar-refractivity contribution in [1.82, 2.24) is 18.9 Å². The molecule has 0 spiro atoms. The third-order valence-corrected chi connectivity index (χ3v) is 13.6. The minimum absolute atomic E-state index is 0.495. The highest BCUT2D eigenvalue weighted by molar-refractivity contribution is 7.81. The fourth-order valence-corrected chi connectivity index (χ4v) is 12.8. The molecule has 6 heteroatoms. The molecule has 0 saturated heterocycles. The summed E-state index contributed by atoms with van der Waals surface area (Å²) in [6.07, 6.45) is 14.1. The van der Waals surface area contributed by atoms with Gasteiger partial charge in [-0.15, -0.1) is 0 Å². The lowest BCUT2D eigenvalue weighted by Crippen LogP contribution is -2.51. The first kappa shape index (κ1) is 33.6. The van der Waals surface area contributed by atoms with Crippen molar-refractivity contribution >= 4 is 21.7 Å². The Balaban J connectivity index is 2.82. The Morgan fingerprint density at radius 3 is 1.11 bits per heavy atom. The highest BCUT2D eigenvalue weighted by atomic mass is 31.2.